The number of methoxy groups -OCH3 is 2. The van der Waals surface area contributed by atoms with Crippen LogP contribution in [-0.4, -0.2) is 82.8 Å². The van der Waals surface area contributed by atoms with Gasteiger partial charge >= 0.3 is 18.0 Å². The summed E-state index contributed by atoms with van der Waals surface area (Å²) in [7, 11) is 6.20. The van der Waals surface area contributed by atoms with Gasteiger partial charge in [-0.05, 0) is 81.6 Å². The van der Waals surface area contributed by atoms with Gasteiger partial charge in [-0.25, -0.2) is 23.2 Å². The molecule has 0 bridgehead atoms. The van der Waals surface area contributed by atoms with Gasteiger partial charge in [-0.2, -0.15) is 10.2 Å². The molecule has 8 rings (SSSR count). The highest BCUT2D eigenvalue weighted by Gasteiger charge is 2.27. The number of anilines is 2. The van der Waals surface area contributed by atoms with Crippen LogP contribution < -0.4 is 15.5 Å². The van der Waals surface area contributed by atoms with Gasteiger partial charge in [0.1, 0.15) is 11.6 Å². The van der Waals surface area contributed by atoms with Crippen molar-refractivity contribution in [3.63, 3.8) is 0 Å². The fraction of sp³-hybridized carbons (Fsp3) is 0.356. The van der Waals surface area contributed by atoms with Gasteiger partial charge in [-0.1, -0.05) is 42.8 Å². The third-order valence-electron chi connectivity index (χ3n) is 10.6. The summed E-state index contributed by atoms with van der Waals surface area (Å²) in [6, 6.07) is 19.8. The van der Waals surface area contributed by atoms with Crippen LogP contribution in [0.5, 0.6) is 0 Å². The van der Waals surface area contributed by atoms with Crippen LogP contribution in [0, 0.1) is 11.6 Å². The first kappa shape index (κ1) is 43.2. The minimum atomic E-state index is -0.605. The smallest absolute Gasteiger partial charge is 0.337 e. The number of para-hydroxylation sites is 2. The number of carbonyl (C=O) groups is 3. The molecule has 2 aliphatic rings. The summed E-state index contributed by atoms with van der Waals surface area (Å²) in [4.78, 5) is 40.1. The summed E-state index contributed by atoms with van der Waals surface area (Å²) in [5, 5.41) is 17.0. The summed E-state index contributed by atoms with van der Waals surface area (Å²) in [6.07, 6.45) is 10.8. The molecule has 2 amide bonds. The molecule has 2 fully saturated rings. The number of aryl methyl sites for hydroxylation is 2. The Morgan fingerprint density at radius 3 is 1.82 bits per heavy atom. The number of hydrogen-bond donors (Lipinski definition) is 2. The Morgan fingerprint density at radius 2 is 1.27 bits per heavy atom. The molecule has 4 aromatic carbocycles. The standard InChI is InChI=1S/C23H25FN4O3.C17H16FN3O2.C5H11N/c1-26-21-17(14-25-26)7-6-8-20(21)28(23(30)27-11-4-3-5-12-27)15-18-10-9-16(13-19(18)24)22(29)31-2;1-21-16-13(10-20-21)4-3-5-15(16)19-9-12-7-6-11(8-14(12)18)17(22)23-2;1-2-4-6-5-3-1/h6-10,13-14H,3-5,11-12,15H2,1-2H3;3-8,10,19H,9H2,1-2H3;6H,1-5H2. The summed E-state index contributed by atoms with van der Waals surface area (Å²) in [5.74, 6) is -2.16. The third-order valence-corrected chi connectivity index (χ3v) is 10.6. The van der Waals surface area contributed by atoms with E-state index in [0.717, 1.165) is 52.8 Å². The van der Waals surface area contributed by atoms with Crippen LogP contribution in [0.3, 0.4) is 0 Å². The fourth-order valence-electron chi connectivity index (χ4n) is 7.34. The van der Waals surface area contributed by atoms with Crippen molar-refractivity contribution in [1.82, 2.24) is 29.8 Å². The molecule has 2 saturated heterocycles. The second-order valence-corrected chi connectivity index (χ2v) is 14.7. The maximum absolute atomic E-state index is 14.9. The molecule has 60 heavy (non-hydrogen) atoms. The monoisotopic (exact) mass is 822 g/mol. The molecule has 15 heteroatoms. The number of hydrogen-bond acceptors (Lipinski definition) is 9. The fourth-order valence-corrected chi connectivity index (χ4v) is 7.34. The van der Waals surface area contributed by atoms with Gasteiger partial charge < -0.3 is 25.0 Å². The zero-order valence-corrected chi connectivity index (χ0v) is 34.5. The highest BCUT2D eigenvalue weighted by Crippen LogP contribution is 2.30. The van der Waals surface area contributed by atoms with E-state index >= 15 is 0 Å². The molecule has 2 N–H and O–H groups in total. The maximum atomic E-state index is 14.9. The van der Waals surface area contributed by atoms with E-state index in [1.165, 1.54) is 64.8 Å². The predicted molar refractivity (Wildman–Crippen MR) is 228 cm³/mol. The molecule has 0 spiro atoms. The molecule has 0 unspecified atom stereocenters. The van der Waals surface area contributed by atoms with Gasteiger partial charge in [0.05, 0.1) is 66.7 Å². The largest absolute Gasteiger partial charge is 0.465 e. The predicted octanol–water partition coefficient (Wildman–Crippen LogP) is 7.98. The molecule has 316 valence electrons. The van der Waals surface area contributed by atoms with Crippen molar-refractivity contribution in [1.29, 1.82) is 0 Å². The second kappa shape index (κ2) is 20.6. The van der Waals surface area contributed by atoms with Gasteiger partial charge in [-0.3, -0.25) is 14.3 Å². The van der Waals surface area contributed by atoms with Crippen LogP contribution in [0.25, 0.3) is 21.8 Å². The number of esters is 2. The lowest BCUT2D eigenvalue weighted by Gasteiger charge is -2.33. The van der Waals surface area contributed by atoms with Gasteiger partial charge in [0.2, 0.25) is 0 Å². The molecule has 2 aliphatic heterocycles. The number of nitrogens with zero attached hydrogens (tertiary/aromatic N) is 6. The molecule has 0 atom stereocenters. The van der Waals surface area contributed by atoms with Crippen LogP contribution in [0.15, 0.2) is 85.2 Å². The SMILES string of the molecule is C1CCNCC1.COC(=O)c1ccc(CN(C(=O)N2CCCCC2)c2cccc3cnn(C)c23)c(F)c1.COC(=O)c1ccc(CNc2cccc3cnn(C)c23)c(F)c1. The minimum Gasteiger partial charge on any atom is -0.465 e. The quantitative estimate of drug-likeness (QED) is 0.147. The van der Waals surface area contributed by atoms with E-state index in [9.17, 15) is 23.2 Å². The van der Waals surface area contributed by atoms with E-state index in [4.69, 9.17) is 0 Å². The number of amides is 2. The normalized spacial score (nSPS) is 13.7. The van der Waals surface area contributed by atoms with Crippen molar-refractivity contribution >= 4 is 51.2 Å². The molecule has 13 nitrogen and oxygen atoms in total. The number of piperidine rings is 2. The van der Waals surface area contributed by atoms with Crippen LogP contribution in [0.4, 0.5) is 25.0 Å². The Hall–Kier alpha value is -6.35. The van der Waals surface area contributed by atoms with Gasteiger partial charge in [0, 0.05) is 55.6 Å². The number of fused-ring (bicyclic) bond motifs is 2. The average molecular weight is 823 g/mol. The van der Waals surface area contributed by atoms with Crippen molar-refractivity contribution in [3.8, 4) is 0 Å². The first-order valence-electron chi connectivity index (χ1n) is 20.2. The molecule has 2 aromatic heterocycles. The molecule has 4 heterocycles. The number of likely N-dealkylation sites (tertiary alicyclic amines) is 1. The highest BCUT2D eigenvalue weighted by molar-refractivity contribution is 6.01. The number of rotatable bonds is 8. The van der Waals surface area contributed by atoms with Gasteiger partial charge in [0.25, 0.3) is 0 Å². The number of urea groups is 1. The zero-order valence-electron chi connectivity index (χ0n) is 34.5. The third kappa shape index (κ3) is 10.4. The van der Waals surface area contributed by atoms with E-state index in [1.807, 2.05) is 55.4 Å². The average Bonchev–Trinajstić information content (AvgIpc) is 3.87. The molecule has 6 aromatic rings. The first-order chi connectivity index (χ1) is 29.1. The molecule has 0 saturated carbocycles. The number of nitrogens with one attached hydrogen (secondary N) is 2. The summed E-state index contributed by atoms with van der Waals surface area (Å²) >= 11 is 0. The van der Waals surface area contributed by atoms with E-state index in [-0.39, 0.29) is 23.7 Å². The minimum absolute atomic E-state index is 0.0346. The maximum Gasteiger partial charge on any atom is 0.337 e. The van der Waals surface area contributed by atoms with E-state index in [0.29, 0.717) is 36.4 Å². The van der Waals surface area contributed by atoms with Gasteiger partial charge in [0.15, 0.2) is 0 Å². The Labute approximate surface area is 348 Å². The van der Waals surface area contributed by atoms with Crippen LogP contribution in [0.1, 0.15) is 70.4 Å². The van der Waals surface area contributed by atoms with Crippen LogP contribution in [0.2, 0.25) is 0 Å². The van der Waals surface area contributed by atoms with Crippen LogP contribution >= 0.6 is 0 Å². The zero-order chi connectivity index (χ0) is 42.6. The number of carbonyl (C=O) groups excluding carboxylic acids is 3. The van der Waals surface area contributed by atoms with Gasteiger partial charge in [-0.15, -0.1) is 0 Å². The Balaban J connectivity index is 0.000000182. The van der Waals surface area contributed by atoms with Crippen LogP contribution in [-0.2, 0) is 36.7 Å². The first-order valence-corrected chi connectivity index (χ1v) is 20.2. The summed E-state index contributed by atoms with van der Waals surface area (Å²) in [6.45, 7) is 4.20. The number of halogens is 2. The Bertz CT molecular complexity index is 2410. The van der Waals surface area contributed by atoms with E-state index in [2.05, 4.69) is 30.3 Å². The topological polar surface area (TPSA) is 136 Å². The van der Waals surface area contributed by atoms with Crippen molar-refractivity contribution in [2.24, 2.45) is 14.1 Å². The van der Waals surface area contributed by atoms with E-state index < -0.39 is 23.6 Å². The lowest BCUT2D eigenvalue weighted by atomic mass is 10.1. The summed E-state index contributed by atoms with van der Waals surface area (Å²) in [5.41, 5.74) is 4.42. The number of aromatic nitrogens is 4. The van der Waals surface area contributed by atoms with Crippen molar-refractivity contribution < 1.29 is 32.6 Å². The highest BCUT2D eigenvalue weighted by atomic mass is 19.1. The molecule has 0 aliphatic carbocycles. The lowest BCUT2D eigenvalue weighted by molar-refractivity contribution is 0.0591. The number of benzene rings is 4. The second-order valence-electron chi connectivity index (χ2n) is 14.7. The Morgan fingerprint density at radius 1 is 0.717 bits per heavy atom. The molecular weight excluding hydrogens is 771 g/mol. The molecule has 0 radical (unpaired) electrons. The summed E-state index contributed by atoms with van der Waals surface area (Å²) < 4.78 is 41.7. The van der Waals surface area contributed by atoms with E-state index in [1.54, 1.807) is 38.8 Å². The lowest BCUT2D eigenvalue weighted by Crippen LogP contribution is -2.45. The van der Waals surface area contributed by atoms with Crippen molar-refractivity contribution in [2.45, 2.75) is 51.6 Å². The Kier molecular flexibility index (Phi) is 14.8. The van der Waals surface area contributed by atoms with Crippen molar-refractivity contribution in [3.05, 3.63) is 119 Å². The van der Waals surface area contributed by atoms with Crippen molar-refractivity contribution in [2.75, 3.05) is 50.6 Å². The molecular formula is C45H52F2N8O5. The number of ether oxygens (including phenoxy) is 2.